The number of unbranched alkanes of at least 4 members (excludes halogenated alkanes) is 1. The van der Waals surface area contributed by atoms with Gasteiger partial charge in [-0.1, -0.05) is 26.2 Å². The van der Waals surface area contributed by atoms with Crippen molar-refractivity contribution in [3.05, 3.63) is 29.8 Å². The summed E-state index contributed by atoms with van der Waals surface area (Å²) < 4.78 is 33.8. The summed E-state index contributed by atoms with van der Waals surface area (Å²) >= 11 is 0. The van der Waals surface area contributed by atoms with Gasteiger partial charge in [-0.25, -0.2) is 13.1 Å². The second kappa shape index (κ2) is 9.17. The van der Waals surface area contributed by atoms with Gasteiger partial charge in [-0.3, -0.25) is 4.79 Å². The Balaban J connectivity index is 1.67. The van der Waals surface area contributed by atoms with Gasteiger partial charge < -0.3 is 9.64 Å². The second-order valence-electron chi connectivity index (χ2n) is 7.49. The fourth-order valence-corrected chi connectivity index (χ4v) is 4.99. The van der Waals surface area contributed by atoms with Crippen molar-refractivity contribution in [2.45, 2.75) is 56.4 Å². The fourth-order valence-electron chi connectivity index (χ4n) is 3.65. The normalized spacial score (nSPS) is 19.5. The largest absolute Gasteiger partial charge is 0.378 e. The second-order valence-corrected chi connectivity index (χ2v) is 9.20. The lowest BCUT2D eigenvalue weighted by atomic mass is 9.78. The number of carbonyl (C=O) groups is 1. The quantitative estimate of drug-likeness (QED) is 0.736. The van der Waals surface area contributed by atoms with E-state index in [0.717, 1.165) is 32.1 Å². The minimum Gasteiger partial charge on any atom is -0.378 e. The van der Waals surface area contributed by atoms with E-state index in [2.05, 4.69) is 11.6 Å². The third kappa shape index (κ3) is 5.09. The third-order valence-electron chi connectivity index (χ3n) is 5.60. The summed E-state index contributed by atoms with van der Waals surface area (Å²) in [6.07, 6.45) is 6.36. The number of nitrogens with one attached hydrogen (secondary N) is 1. The molecule has 6 nitrogen and oxygen atoms in total. The number of carbonyl (C=O) groups excluding carboxylic acids is 1. The van der Waals surface area contributed by atoms with Gasteiger partial charge in [-0.2, -0.15) is 0 Å². The molecule has 0 bridgehead atoms. The highest BCUT2D eigenvalue weighted by Gasteiger charge is 2.30. The standard InChI is InChI=1S/C20H30N2O4S/c1-2-3-7-19(16-5-4-6-16)21-27(24,25)18-10-8-17(9-11-18)20(23)22-12-14-26-15-13-22/h8-11,16,19,21H,2-7,12-15H2,1H3/t19-/m0/s1. The van der Waals surface area contributed by atoms with Crippen molar-refractivity contribution in [1.29, 1.82) is 0 Å². The summed E-state index contributed by atoms with van der Waals surface area (Å²) in [4.78, 5) is 14.5. The Labute approximate surface area is 162 Å². The lowest BCUT2D eigenvalue weighted by Gasteiger charge is -2.34. The summed E-state index contributed by atoms with van der Waals surface area (Å²) in [7, 11) is -3.57. The van der Waals surface area contributed by atoms with Crippen LogP contribution in [0.15, 0.2) is 29.2 Å². The van der Waals surface area contributed by atoms with Gasteiger partial charge in [0, 0.05) is 24.7 Å². The first-order chi connectivity index (χ1) is 13.0. The van der Waals surface area contributed by atoms with E-state index in [1.165, 1.54) is 18.6 Å². The molecular weight excluding hydrogens is 364 g/mol. The number of nitrogens with zero attached hydrogens (tertiary/aromatic N) is 1. The van der Waals surface area contributed by atoms with Crippen molar-refractivity contribution in [3.63, 3.8) is 0 Å². The van der Waals surface area contributed by atoms with Gasteiger partial charge in [0.15, 0.2) is 0 Å². The van der Waals surface area contributed by atoms with Crippen LogP contribution in [0.25, 0.3) is 0 Å². The van der Waals surface area contributed by atoms with Crippen LogP contribution in [-0.2, 0) is 14.8 Å². The Hall–Kier alpha value is -1.44. The highest BCUT2D eigenvalue weighted by molar-refractivity contribution is 7.89. The molecule has 1 aliphatic carbocycles. The van der Waals surface area contributed by atoms with Crippen molar-refractivity contribution in [1.82, 2.24) is 9.62 Å². The molecular formula is C20H30N2O4S. The van der Waals surface area contributed by atoms with E-state index in [1.54, 1.807) is 17.0 Å². The molecule has 1 amide bonds. The minimum atomic E-state index is -3.57. The van der Waals surface area contributed by atoms with E-state index < -0.39 is 10.0 Å². The summed E-state index contributed by atoms with van der Waals surface area (Å²) in [5.74, 6) is 0.374. The number of rotatable bonds is 8. The van der Waals surface area contributed by atoms with Gasteiger partial charge in [0.2, 0.25) is 10.0 Å². The molecule has 2 fully saturated rings. The Kier molecular flexibility index (Phi) is 6.89. The zero-order valence-corrected chi connectivity index (χ0v) is 16.8. The molecule has 0 aromatic heterocycles. The zero-order valence-electron chi connectivity index (χ0n) is 16.0. The maximum Gasteiger partial charge on any atom is 0.254 e. The molecule has 1 aromatic carbocycles. The Bertz CT molecular complexity index is 723. The van der Waals surface area contributed by atoms with E-state index in [-0.39, 0.29) is 16.8 Å². The molecule has 7 heteroatoms. The van der Waals surface area contributed by atoms with E-state index in [1.807, 2.05) is 0 Å². The lowest BCUT2D eigenvalue weighted by Crippen LogP contribution is -2.42. The first-order valence-corrected chi connectivity index (χ1v) is 11.5. The Morgan fingerprint density at radius 2 is 1.89 bits per heavy atom. The van der Waals surface area contributed by atoms with Crippen LogP contribution in [0.3, 0.4) is 0 Å². The average molecular weight is 395 g/mol. The summed E-state index contributed by atoms with van der Waals surface area (Å²) in [6, 6.07) is 6.30. The van der Waals surface area contributed by atoms with Crippen LogP contribution in [-0.4, -0.2) is 51.6 Å². The summed E-state index contributed by atoms with van der Waals surface area (Å²) in [5, 5.41) is 0. The smallest absolute Gasteiger partial charge is 0.254 e. The molecule has 0 radical (unpaired) electrons. The topological polar surface area (TPSA) is 75.7 Å². The molecule has 1 heterocycles. The molecule has 0 unspecified atom stereocenters. The number of amides is 1. The van der Waals surface area contributed by atoms with Gasteiger partial charge in [-0.05, 0) is 49.4 Å². The average Bonchev–Trinajstić information content (AvgIpc) is 2.64. The number of sulfonamides is 1. The van der Waals surface area contributed by atoms with E-state index >= 15 is 0 Å². The van der Waals surface area contributed by atoms with Gasteiger partial charge >= 0.3 is 0 Å². The molecule has 2 aliphatic rings. The number of hydrogen-bond acceptors (Lipinski definition) is 4. The van der Waals surface area contributed by atoms with Crippen molar-refractivity contribution in [3.8, 4) is 0 Å². The zero-order chi connectivity index (χ0) is 19.3. The van der Waals surface area contributed by atoms with Crippen LogP contribution in [0.2, 0.25) is 0 Å². The van der Waals surface area contributed by atoms with Crippen molar-refractivity contribution < 1.29 is 17.9 Å². The van der Waals surface area contributed by atoms with Crippen LogP contribution in [0.1, 0.15) is 55.8 Å². The van der Waals surface area contributed by atoms with Crippen LogP contribution >= 0.6 is 0 Å². The van der Waals surface area contributed by atoms with Gasteiger partial charge in [0.05, 0.1) is 18.1 Å². The minimum absolute atomic E-state index is 0.0124. The Morgan fingerprint density at radius 3 is 2.44 bits per heavy atom. The number of morpholine rings is 1. The highest BCUT2D eigenvalue weighted by atomic mass is 32.2. The van der Waals surface area contributed by atoms with Crippen molar-refractivity contribution in [2.24, 2.45) is 5.92 Å². The molecule has 1 atom stereocenters. The van der Waals surface area contributed by atoms with Crippen molar-refractivity contribution >= 4 is 15.9 Å². The molecule has 3 rings (SSSR count). The van der Waals surface area contributed by atoms with E-state index in [9.17, 15) is 13.2 Å². The number of hydrogen-bond donors (Lipinski definition) is 1. The fraction of sp³-hybridized carbons (Fsp3) is 0.650. The van der Waals surface area contributed by atoms with Gasteiger partial charge in [0.1, 0.15) is 0 Å². The third-order valence-corrected chi connectivity index (χ3v) is 7.11. The molecule has 1 N–H and O–H groups in total. The van der Waals surface area contributed by atoms with Crippen molar-refractivity contribution in [2.75, 3.05) is 26.3 Å². The summed E-state index contributed by atoms with van der Waals surface area (Å²) in [6.45, 7) is 4.35. The maximum atomic E-state index is 12.8. The van der Waals surface area contributed by atoms with Gasteiger partial charge in [-0.15, -0.1) is 0 Å². The van der Waals surface area contributed by atoms with Crippen LogP contribution in [0, 0.1) is 5.92 Å². The monoisotopic (exact) mass is 394 g/mol. The van der Waals surface area contributed by atoms with Crippen LogP contribution in [0.5, 0.6) is 0 Å². The number of benzene rings is 1. The van der Waals surface area contributed by atoms with Crippen LogP contribution in [0.4, 0.5) is 0 Å². The lowest BCUT2D eigenvalue weighted by molar-refractivity contribution is 0.0303. The molecule has 1 aromatic rings. The molecule has 1 saturated carbocycles. The Morgan fingerprint density at radius 1 is 1.22 bits per heavy atom. The molecule has 27 heavy (non-hydrogen) atoms. The molecule has 150 valence electrons. The molecule has 0 spiro atoms. The predicted molar refractivity (Wildman–Crippen MR) is 104 cm³/mol. The number of ether oxygens (including phenoxy) is 1. The summed E-state index contributed by atoms with van der Waals surface area (Å²) in [5.41, 5.74) is 0.511. The maximum absolute atomic E-state index is 12.8. The molecule has 1 aliphatic heterocycles. The van der Waals surface area contributed by atoms with Gasteiger partial charge in [0.25, 0.3) is 5.91 Å². The molecule has 1 saturated heterocycles. The predicted octanol–water partition coefficient (Wildman–Crippen LogP) is 2.80. The first-order valence-electron chi connectivity index (χ1n) is 10.0. The first kappa shape index (κ1) is 20.3. The van der Waals surface area contributed by atoms with E-state index in [0.29, 0.717) is 37.8 Å². The van der Waals surface area contributed by atoms with Crippen LogP contribution < -0.4 is 4.72 Å². The SMILES string of the molecule is CCCC[C@H](NS(=O)(=O)c1ccc(C(=O)N2CCOCC2)cc1)C1CCC1. The highest BCUT2D eigenvalue weighted by Crippen LogP contribution is 2.32. The van der Waals surface area contributed by atoms with E-state index in [4.69, 9.17) is 4.74 Å².